The summed E-state index contributed by atoms with van der Waals surface area (Å²) in [5, 5.41) is 17.6. The molecule has 5 nitrogen and oxygen atoms in total. The summed E-state index contributed by atoms with van der Waals surface area (Å²) in [7, 11) is 0. The minimum absolute atomic E-state index is 0. The van der Waals surface area contributed by atoms with E-state index in [0.717, 1.165) is 0 Å². The van der Waals surface area contributed by atoms with Gasteiger partial charge in [0.2, 0.25) is 6.41 Å². The first-order valence-electron chi connectivity index (χ1n) is 1.77. The summed E-state index contributed by atoms with van der Waals surface area (Å²) in [6, 6.07) is 0. The van der Waals surface area contributed by atoms with Gasteiger partial charge in [0.05, 0.1) is 12.5 Å². The van der Waals surface area contributed by atoms with Gasteiger partial charge in [-0.3, -0.25) is 10.0 Å². The molecule has 0 aliphatic heterocycles. The maximum Gasteiger partial charge on any atom is 1.00 e. The van der Waals surface area contributed by atoms with Crippen LogP contribution in [0.2, 0.25) is 0 Å². The molecule has 0 aromatic heterocycles. The van der Waals surface area contributed by atoms with E-state index in [9.17, 15) is 14.7 Å². The topological polar surface area (TPSA) is 80.7 Å². The quantitative estimate of drug-likeness (QED) is 0.184. The number of hydroxylamine groups is 2. The van der Waals surface area contributed by atoms with Crippen LogP contribution in [0.3, 0.4) is 0 Å². The Kier molecular flexibility index (Phi) is 7.81. The van der Waals surface area contributed by atoms with Gasteiger partial charge in [0.15, 0.2) is 0 Å². The van der Waals surface area contributed by atoms with Crippen LogP contribution in [-0.2, 0) is 9.59 Å². The van der Waals surface area contributed by atoms with Gasteiger partial charge in [0.25, 0.3) is 0 Å². The number of hydrogen-bond donors (Lipinski definition) is 1. The molecule has 0 spiro atoms. The second kappa shape index (κ2) is 6.03. The molecule has 0 atom stereocenters. The molecule has 0 aliphatic carbocycles. The molecule has 0 aromatic rings. The van der Waals surface area contributed by atoms with Crippen molar-refractivity contribution in [2.24, 2.45) is 0 Å². The fraction of sp³-hybridized carbons (Fsp3) is 0.333. The summed E-state index contributed by atoms with van der Waals surface area (Å²) in [6.07, 6.45) is -0.0181. The maximum absolute atomic E-state index is 9.50. The van der Waals surface area contributed by atoms with Crippen molar-refractivity contribution in [2.45, 2.75) is 0 Å². The third-order valence-corrected chi connectivity index (χ3v) is 0.413. The molecule has 0 aromatic carbocycles. The molecule has 0 bridgehead atoms. The summed E-state index contributed by atoms with van der Waals surface area (Å²) in [5.74, 6) is -1.50. The van der Waals surface area contributed by atoms with Crippen molar-refractivity contribution >= 4 is 12.4 Å². The van der Waals surface area contributed by atoms with Crippen molar-refractivity contribution in [3.8, 4) is 0 Å². The molecule has 1 N–H and O–H groups in total. The van der Waals surface area contributed by atoms with Crippen molar-refractivity contribution in [3.63, 3.8) is 0 Å². The van der Waals surface area contributed by atoms with Gasteiger partial charge in [-0.05, 0) is 0 Å². The van der Waals surface area contributed by atoms with Gasteiger partial charge in [0, 0.05) is 0 Å². The molecule has 0 saturated carbocycles. The van der Waals surface area contributed by atoms with E-state index in [0.29, 0.717) is 0 Å². The summed E-state index contributed by atoms with van der Waals surface area (Å²) in [4.78, 5) is 18.9. The molecule has 6 heteroatoms. The van der Waals surface area contributed by atoms with Gasteiger partial charge in [-0.2, -0.15) is 0 Å². The van der Waals surface area contributed by atoms with E-state index in [4.69, 9.17) is 5.21 Å². The van der Waals surface area contributed by atoms with Gasteiger partial charge in [-0.25, -0.2) is 5.06 Å². The van der Waals surface area contributed by atoms with Gasteiger partial charge >= 0.3 is 29.6 Å². The Hall–Kier alpha value is -0.100. The zero-order valence-electron chi connectivity index (χ0n) is 4.90. The number of nitrogens with zero attached hydrogens (tertiary/aromatic N) is 1. The first-order chi connectivity index (χ1) is 3.66. The second-order valence-corrected chi connectivity index (χ2v) is 1.07. The van der Waals surface area contributed by atoms with Crippen LogP contribution in [0.25, 0.3) is 0 Å². The number of amides is 1. The molecule has 0 aliphatic rings. The van der Waals surface area contributed by atoms with Crippen molar-refractivity contribution in [1.29, 1.82) is 0 Å². The normalized spacial score (nSPS) is 7.22. The van der Waals surface area contributed by atoms with E-state index in [1.807, 2.05) is 0 Å². The number of rotatable bonds is 3. The third kappa shape index (κ3) is 7.90. The Bertz CT molecular complexity index is 106. The molecule has 0 fully saturated rings. The molecular formula is C3H4NNaO4. The molecule has 0 radical (unpaired) electrons. The van der Waals surface area contributed by atoms with E-state index in [-0.39, 0.29) is 41.0 Å². The Morgan fingerprint density at radius 1 is 1.78 bits per heavy atom. The minimum Gasteiger partial charge on any atom is -0.548 e. The first kappa shape index (κ1) is 11.7. The minimum atomic E-state index is -1.50. The second-order valence-electron chi connectivity index (χ2n) is 1.07. The number of hydrogen-bond acceptors (Lipinski definition) is 4. The van der Waals surface area contributed by atoms with E-state index >= 15 is 0 Å². The summed E-state index contributed by atoms with van der Waals surface area (Å²) >= 11 is 0. The number of carboxylic acids is 1. The molecule has 0 rings (SSSR count). The molecular weight excluding hydrogens is 137 g/mol. The van der Waals surface area contributed by atoms with E-state index in [1.54, 1.807) is 0 Å². The van der Waals surface area contributed by atoms with Crippen LogP contribution >= 0.6 is 0 Å². The molecule has 0 unspecified atom stereocenters. The molecule has 46 valence electrons. The Balaban J connectivity index is 0. The van der Waals surface area contributed by atoms with Gasteiger partial charge < -0.3 is 9.90 Å². The molecule has 9 heavy (non-hydrogen) atoms. The van der Waals surface area contributed by atoms with Crippen LogP contribution in [0.4, 0.5) is 0 Å². The number of carboxylic acid groups (broad SMARTS) is 1. The average molecular weight is 141 g/mol. The Morgan fingerprint density at radius 3 is 2.33 bits per heavy atom. The van der Waals surface area contributed by atoms with Crippen molar-refractivity contribution in [2.75, 3.05) is 6.54 Å². The predicted octanol–water partition coefficient (Wildman–Crippen LogP) is -5.41. The zero-order valence-corrected chi connectivity index (χ0v) is 6.90. The fourth-order valence-corrected chi connectivity index (χ4v) is 0.170. The number of carbonyl (C=O) groups is 2. The fourth-order valence-electron chi connectivity index (χ4n) is 0.170. The summed E-state index contributed by atoms with van der Waals surface area (Å²) in [6.45, 7) is -0.788. The van der Waals surface area contributed by atoms with Crippen molar-refractivity contribution in [3.05, 3.63) is 0 Å². The largest absolute Gasteiger partial charge is 1.00 e. The van der Waals surface area contributed by atoms with Gasteiger partial charge in [-0.15, -0.1) is 0 Å². The van der Waals surface area contributed by atoms with Crippen LogP contribution in [0.1, 0.15) is 0 Å². The molecule has 0 heterocycles. The van der Waals surface area contributed by atoms with E-state index < -0.39 is 12.5 Å². The van der Waals surface area contributed by atoms with E-state index in [1.165, 1.54) is 0 Å². The maximum atomic E-state index is 9.50. The van der Waals surface area contributed by atoms with Crippen LogP contribution in [0.5, 0.6) is 0 Å². The summed E-state index contributed by atoms with van der Waals surface area (Å²) in [5.41, 5.74) is 0. The first-order valence-corrected chi connectivity index (χ1v) is 1.77. The van der Waals surface area contributed by atoms with Crippen LogP contribution in [0, 0.1) is 0 Å². The number of carbonyl (C=O) groups excluding carboxylic acids is 2. The number of aliphatic carboxylic acids is 1. The smallest absolute Gasteiger partial charge is 0.548 e. The standard InChI is InChI=1S/C3H5NO4.Na/c5-2-4(8)1-3(6)7;/h2,8H,1H2,(H,6,7);/q;+1/p-1. The monoisotopic (exact) mass is 141 g/mol. The van der Waals surface area contributed by atoms with Crippen molar-refractivity contribution < 1.29 is 49.5 Å². The SMILES string of the molecule is O=CN(O)CC(=O)[O-].[Na+]. The predicted molar refractivity (Wildman–Crippen MR) is 19.6 cm³/mol. The summed E-state index contributed by atoms with van der Waals surface area (Å²) < 4.78 is 0. The Morgan fingerprint density at radius 2 is 2.22 bits per heavy atom. The van der Waals surface area contributed by atoms with E-state index in [2.05, 4.69) is 0 Å². The molecule has 0 saturated heterocycles. The van der Waals surface area contributed by atoms with Crippen LogP contribution < -0.4 is 34.7 Å². The average Bonchev–Trinajstić information content (AvgIpc) is 1.65. The van der Waals surface area contributed by atoms with Crippen LogP contribution in [-0.4, -0.2) is 29.2 Å². The van der Waals surface area contributed by atoms with Crippen molar-refractivity contribution in [1.82, 2.24) is 5.06 Å². The van der Waals surface area contributed by atoms with Crippen LogP contribution in [0.15, 0.2) is 0 Å². The van der Waals surface area contributed by atoms with Gasteiger partial charge in [-0.1, -0.05) is 0 Å². The third-order valence-electron chi connectivity index (χ3n) is 0.413. The Labute approximate surface area is 73.5 Å². The van der Waals surface area contributed by atoms with Gasteiger partial charge in [0.1, 0.15) is 0 Å². The zero-order chi connectivity index (χ0) is 6.57. The molecule has 1 amide bonds.